The molecular weight excluding hydrogens is 188 g/mol. The molecule has 0 aliphatic carbocycles. The maximum atomic E-state index is 10.6. The Bertz CT molecular complexity index is 225. The Hall–Kier alpha value is -0.650. The van der Waals surface area contributed by atoms with Crippen molar-refractivity contribution in [1.29, 1.82) is 0 Å². The van der Waals surface area contributed by atoms with E-state index in [1.54, 1.807) is 13.8 Å². The van der Waals surface area contributed by atoms with Gasteiger partial charge in [-0.2, -0.15) is 0 Å². The zero-order chi connectivity index (χ0) is 10.9. The maximum Gasteiger partial charge on any atom is 0.308 e. The van der Waals surface area contributed by atoms with Crippen LogP contribution in [0.2, 0.25) is 0 Å². The molecule has 0 amide bonds. The summed E-state index contributed by atoms with van der Waals surface area (Å²) in [4.78, 5) is 10.6. The second-order valence-electron chi connectivity index (χ2n) is 3.98. The molecule has 0 spiro atoms. The Kier molecular flexibility index (Phi) is 3.14. The molecule has 1 heterocycles. The summed E-state index contributed by atoms with van der Waals surface area (Å²) in [6.45, 7) is 5.13. The number of rotatable bonds is 3. The highest BCUT2D eigenvalue weighted by atomic mass is 16.7. The van der Waals surface area contributed by atoms with Crippen molar-refractivity contribution in [2.75, 3.05) is 6.61 Å². The van der Waals surface area contributed by atoms with Crippen LogP contribution in [-0.2, 0) is 14.3 Å². The molecule has 2 N–H and O–H groups in total. The van der Waals surface area contributed by atoms with Gasteiger partial charge in [-0.15, -0.1) is 0 Å². The fourth-order valence-corrected chi connectivity index (χ4v) is 1.35. The van der Waals surface area contributed by atoms with Crippen LogP contribution in [0.5, 0.6) is 0 Å². The van der Waals surface area contributed by atoms with Gasteiger partial charge in [0.15, 0.2) is 5.79 Å². The summed E-state index contributed by atoms with van der Waals surface area (Å²) in [6, 6.07) is 0. The highest BCUT2D eigenvalue weighted by molar-refractivity contribution is 5.70. The standard InChI is InChI=1S/C9H16O5/c1-5(8(11)12)7(10)6-4-13-9(2,3)14-6/h5-7,10H,4H2,1-3H3,(H,11,12)/t5-,6+,7+/m0/s1. The van der Waals surface area contributed by atoms with E-state index in [-0.39, 0.29) is 6.61 Å². The molecule has 82 valence electrons. The van der Waals surface area contributed by atoms with Crippen molar-refractivity contribution >= 4 is 5.97 Å². The van der Waals surface area contributed by atoms with Crippen molar-refractivity contribution in [2.24, 2.45) is 5.92 Å². The summed E-state index contributed by atoms with van der Waals surface area (Å²) >= 11 is 0. The van der Waals surface area contributed by atoms with Gasteiger partial charge in [-0.25, -0.2) is 0 Å². The Morgan fingerprint density at radius 3 is 2.50 bits per heavy atom. The lowest BCUT2D eigenvalue weighted by molar-refractivity contribution is -0.164. The van der Waals surface area contributed by atoms with Gasteiger partial charge in [-0.05, 0) is 20.8 Å². The molecule has 1 fully saturated rings. The van der Waals surface area contributed by atoms with Crippen LogP contribution in [0.4, 0.5) is 0 Å². The summed E-state index contributed by atoms with van der Waals surface area (Å²) in [5.41, 5.74) is 0. The van der Waals surface area contributed by atoms with Crippen molar-refractivity contribution in [1.82, 2.24) is 0 Å². The summed E-state index contributed by atoms with van der Waals surface area (Å²) < 4.78 is 10.6. The third kappa shape index (κ3) is 2.43. The number of ether oxygens (including phenoxy) is 2. The van der Waals surface area contributed by atoms with Crippen molar-refractivity contribution in [3.05, 3.63) is 0 Å². The van der Waals surface area contributed by atoms with E-state index < -0.39 is 29.9 Å². The molecule has 0 aromatic carbocycles. The summed E-state index contributed by atoms with van der Waals surface area (Å²) in [5, 5.41) is 18.3. The fourth-order valence-electron chi connectivity index (χ4n) is 1.35. The minimum absolute atomic E-state index is 0.228. The number of hydrogen-bond donors (Lipinski definition) is 2. The molecule has 0 aromatic rings. The molecule has 0 radical (unpaired) electrons. The molecule has 3 atom stereocenters. The molecule has 5 heteroatoms. The van der Waals surface area contributed by atoms with Crippen molar-refractivity contribution in [3.8, 4) is 0 Å². The van der Waals surface area contributed by atoms with Crippen molar-refractivity contribution in [2.45, 2.75) is 38.8 Å². The van der Waals surface area contributed by atoms with Crippen molar-refractivity contribution < 1.29 is 24.5 Å². The van der Waals surface area contributed by atoms with Crippen molar-refractivity contribution in [3.63, 3.8) is 0 Å². The number of carboxylic acids is 1. The number of carbonyl (C=O) groups is 1. The van der Waals surface area contributed by atoms with Crippen LogP contribution >= 0.6 is 0 Å². The molecule has 1 rings (SSSR count). The first-order chi connectivity index (χ1) is 6.33. The fraction of sp³-hybridized carbons (Fsp3) is 0.889. The van der Waals surface area contributed by atoms with Crippen LogP contribution < -0.4 is 0 Å². The van der Waals surface area contributed by atoms with E-state index in [0.717, 1.165) is 0 Å². The first kappa shape index (κ1) is 11.4. The molecule has 0 aromatic heterocycles. The second-order valence-corrected chi connectivity index (χ2v) is 3.98. The van der Waals surface area contributed by atoms with Crippen LogP contribution in [-0.4, -0.2) is 40.8 Å². The minimum atomic E-state index is -1.04. The zero-order valence-electron chi connectivity index (χ0n) is 8.56. The lowest BCUT2D eigenvalue weighted by atomic mass is 10.0. The van der Waals surface area contributed by atoms with Crippen LogP contribution in [0.15, 0.2) is 0 Å². The topological polar surface area (TPSA) is 76.0 Å². The smallest absolute Gasteiger partial charge is 0.308 e. The largest absolute Gasteiger partial charge is 0.481 e. The monoisotopic (exact) mass is 204 g/mol. The normalized spacial score (nSPS) is 29.9. The molecule has 0 bridgehead atoms. The Morgan fingerprint density at radius 2 is 2.14 bits per heavy atom. The van der Waals surface area contributed by atoms with Gasteiger partial charge in [-0.3, -0.25) is 4.79 Å². The Labute approximate surface area is 82.6 Å². The predicted molar refractivity (Wildman–Crippen MR) is 47.7 cm³/mol. The van der Waals surface area contributed by atoms with E-state index in [1.165, 1.54) is 6.92 Å². The minimum Gasteiger partial charge on any atom is -0.481 e. The van der Waals surface area contributed by atoms with E-state index >= 15 is 0 Å². The second kappa shape index (κ2) is 3.84. The molecule has 1 aliphatic rings. The predicted octanol–water partition coefficient (Wildman–Crippen LogP) is 0.219. The number of aliphatic hydroxyl groups excluding tert-OH is 1. The lowest BCUT2D eigenvalue weighted by Gasteiger charge is -2.22. The van der Waals surface area contributed by atoms with Gasteiger partial charge in [0.05, 0.1) is 18.6 Å². The van der Waals surface area contributed by atoms with E-state index in [4.69, 9.17) is 14.6 Å². The Balaban J connectivity index is 2.55. The third-order valence-corrected chi connectivity index (χ3v) is 2.31. The number of hydrogen-bond acceptors (Lipinski definition) is 4. The van der Waals surface area contributed by atoms with Gasteiger partial charge in [0.25, 0.3) is 0 Å². The molecule has 0 saturated carbocycles. The van der Waals surface area contributed by atoms with Crippen LogP contribution in [0, 0.1) is 5.92 Å². The van der Waals surface area contributed by atoms with E-state index in [9.17, 15) is 9.90 Å². The quantitative estimate of drug-likeness (QED) is 0.687. The lowest BCUT2D eigenvalue weighted by Crippen LogP contribution is -2.38. The first-order valence-corrected chi connectivity index (χ1v) is 4.56. The highest BCUT2D eigenvalue weighted by Crippen LogP contribution is 2.26. The van der Waals surface area contributed by atoms with Crippen LogP contribution in [0.1, 0.15) is 20.8 Å². The molecule has 14 heavy (non-hydrogen) atoms. The van der Waals surface area contributed by atoms with Crippen LogP contribution in [0.25, 0.3) is 0 Å². The Morgan fingerprint density at radius 1 is 1.57 bits per heavy atom. The van der Waals surface area contributed by atoms with E-state index in [2.05, 4.69) is 0 Å². The first-order valence-electron chi connectivity index (χ1n) is 4.56. The molecular formula is C9H16O5. The number of aliphatic hydroxyl groups is 1. The molecule has 1 aliphatic heterocycles. The number of aliphatic carboxylic acids is 1. The van der Waals surface area contributed by atoms with Gasteiger partial charge in [0.2, 0.25) is 0 Å². The van der Waals surface area contributed by atoms with Gasteiger partial charge >= 0.3 is 5.97 Å². The summed E-state index contributed by atoms with van der Waals surface area (Å²) in [5.74, 6) is -2.62. The molecule has 5 nitrogen and oxygen atoms in total. The third-order valence-electron chi connectivity index (χ3n) is 2.31. The average molecular weight is 204 g/mol. The molecule has 0 unspecified atom stereocenters. The van der Waals surface area contributed by atoms with Gasteiger partial charge in [0, 0.05) is 0 Å². The van der Waals surface area contributed by atoms with E-state index in [0.29, 0.717) is 0 Å². The maximum absolute atomic E-state index is 10.6. The highest BCUT2D eigenvalue weighted by Gasteiger charge is 2.40. The van der Waals surface area contributed by atoms with E-state index in [1.807, 2.05) is 0 Å². The average Bonchev–Trinajstić information content (AvgIpc) is 2.43. The SMILES string of the molecule is C[C@H](C(=O)O)[C@@H](O)[C@H]1COC(C)(C)O1. The van der Waals surface area contributed by atoms with Gasteiger partial charge in [0.1, 0.15) is 6.10 Å². The summed E-state index contributed by atoms with van der Waals surface area (Å²) in [7, 11) is 0. The summed E-state index contributed by atoms with van der Waals surface area (Å²) in [6.07, 6.45) is -1.59. The molecule has 1 saturated heterocycles. The van der Waals surface area contributed by atoms with Gasteiger partial charge < -0.3 is 19.7 Å². The number of carboxylic acid groups (broad SMARTS) is 1. The zero-order valence-corrected chi connectivity index (χ0v) is 8.56. The van der Waals surface area contributed by atoms with Gasteiger partial charge in [-0.1, -0.05) is 0 Å². The van der Waals surface area contributed by atoms with Crippen LogP contribution in [0.3, 0.4) is 0 Å².